The van der Waals surface area contributed by atoms with Crippen LogP contribution in [0, 0.1) is 11.5 Å². The van der Waals surface area contributed by atoms with Gasteiger partial charge in [-0.05, 0) is 133 Å². The summed E-state index contributed by atoms with van der Waals surface area (Å²) in [6, 6.07) is 79.3. The zero-order valence-electron chi connectivity index (χ0n) is 56.8. The van der Waals surface area contributed by atoms with Crippen LogP contribution in [0.2, 0.25) is 0 Å². The summed E-state index contributed by atoms with van der Waals surface area (Å²) >= 11 is 0. The number of primary amides is 2. The molecule has 0 saturated carbocycles. The molecule has 21 nitrogen and oxygen atoms in total. The number of nitriles is 1. The maximum absolute atomic E-state index is 11.4. The van der Waals surface area contributed by atoms with Gasteiger partial charge in [-0.1, -0.05) is 164 Å². The Morgan fingerprint density at radius 1 is 0.406 bits per heavy atom. The smallest absolute Gasteiger partial charge is 0.397 e. The summed E-state index contributed by atoms with van der Waals surface area (Å²) in [5.41, 5.74) is 33.2. The van der Waals surface area contributed by atoms with Gasteiger partial charge in [0.15, 0.2) is 0 Å². The molecule has 0 saturated heterocycles. The Hall–Kier alpha value is -13.9. The van der Waals surface area contributed by atoms with Crippen molar-refractivity contribution in [1.82, 2.24) is 44.9 Å². The number of hydrogen-bond acceptors (Lipinski definition) is 19. The lowest BCUT2D eigenvalue weighted by Crippen LogP contribution is -2.13. The van der Waals surface area contributed by atoms with Gasteiger partial charge in [0.2, 0.25) is 11.8 Å². The molecule has 9 N–H and O–H groups in total. The van der Waals surface area contributed by atoms with Gasteiger partial charge in [0.25, 0.3) is 0 Å². The molecule has 0 fully saturated rings. The lowest BCUT2D eigenvalue weighted by atomic mass is 9.97. The van der Waals surface area contributed by atoms with Crippen molar-refractivity contribution in [3.05, 3.63) is 321 Å². The number of nitrogens with zero attached hydrogens (tertiary/aromatic N) is 10. The fourth-order valence-electron chi connectivity index (χ4n) is 11.9. The van der Waals surface area contributed by atoms with Gasteiger partial charge in [0.05, 0.1) is 83.0 Å². The largest absolute Gasteiger partial charge is 0.410 e. The van der Waals surface area contributed by atoms with Crippen LogP contribution in [0.15, 0.2) is 292 Å². The van der Waals surface area contributed by atoms with Crippen molar-refractivity contribution in [2.45, 2.75) is 32.5 Å². The van der Waals surface area contributed by atoms with Crippen LogP contribution in [0.4, 0.5) is 23.1 Å². The van der Waals surface area contributed by atoms with Crippen LogP contribution in [0.25, 0.3) is 99.5 Å². The van der Waals surface area contributed by atoms with Crippen molar-refractivity contribution in [3.8, 4) is 73.4 Å². The quantitative estimate of drug-likeness (QED) is 0.0305. The Morgan fingerprint density at radius 2 is 0.736 bits per heavy atom. The maximum Gasteiger partial charge on any atom is 0.410 e. The minimum atomic E-state index is -4.06. The van der Waals surface area contributed by atoms with Gasteiger partial charge >= 0.3 is 15.6 Å². The number of nitrogens with one attached hydrogen (secondary N) is 3. The molecule has 0 radical (unpaired) electrons. The lowest BCUT2D eigenvalue weighted by molar-refractivity contribution is -0.118. The zero-order chi connectivity index (χ0) is 73.6. The monoisotopic (exact) mass is 1430 g/mol. The molecule has 0 spiro atoms. The van der Waals surface area contributed by atoms with Crippen molar-refractivity contribution in [1.29, 1.82) is 5.26 Å². The second-order valence-electron chi connectivity index (χ2n) is 23.9. The third-order valence-corrected chi connectivity index (χ3v) is 16.9. The summed E-state index contributed by atoms with van der Waals surface area (Å²) in [6.07, 6.45) is 16.8. The number of anilines is 4. The predicted octanol–water partition coefficient (Wildman–Crippen LogP) is 15.5. The molecule has 0 bridgehead atoms. The molecular formula is C83H67ClN16O5S. The fourth-order valence-corrected chi connectivity index (χ4v) is 12.0. The number of aromatic nitrogens is 9. The first-order chi connectivity index (χ1) is 51.7. The Bertz CT molecular complexity index is 5500. The molecule has 2 amide bonds. The first kappa shape index (κ1) is 71.9. The van der Waals surface area contributed by atoms with E-state index in [9.17, 15) is 18.0 Å². The minimum Gasteiger partial charge on any atom is -0.397 e. The lowest BCUT2D eigenvalue weighted by Gasteiger charge is -2.15. The van der Waals surface area contributed by atoms with Crippen molar-refractivity contribution >= 4 is 87.3 Å². The summed E-state index contributed by atoms with van der Waals surface area (Å²) in [7, 11) is 0.298. The van der Waals surface area contributed by atoms with Crippen molar-refractivity contribution in [2.24, 2.45) is 11.5 Å². The number of hydrogen-bond donors (Lipinski definition) is 6. The number of nitrogen functional groups attached to an aromatic ring is 1. The van der Waals surface area contributed by atoms with Gasteiger partial charge in [0.1, 0.15) is 17.5 Å². The number of amides is 2. The molecular weight excluding hydrogens is 1370 g/mol. The molecule has 15 rings (SSSR count). The van der Waals surface area contributed by atoms with E-state index in [4.69, 9.17) is 37.4 Å². The maximum atomic E-state index is 11.4. The standard InChI is InChI=1S/2C28H23N5O.C26H21N5.CClNO3S/c2*29-26(34)14-19-13-22(17-30-16-19)25-15-21-9-6-11-24(20-7-2-1-3-8-20)27(21)28(33-25)32-18-23-10-4-5-12-31-23;27-21-13-20(15-28-16-21)24-14-19-9-6-11-23(18-7-2-1-3-8-18)25(19)26(31-24)30-17-22-10-4-5-12-29-22;2-7(4,5)6-1-3/h2*1-13,15-17H,14,18H2,(H2,29,34)(H,32,33);1-16H,17,27H2,(H,30,31);. The van der Waals surface area contributed by atoms with Crippen LogP contribution in [-0.4, -0.2) is 65.1 Å². The van der Waals surface area contributed by atoms with Crippen LogP contribution < -0.4 is 33.2 Å². The number of pyridine rings is 9. The van der Waals surface area contributed by atoms with Crippen LogP contribution in [0.1, 0.15) is 28.2 Å². The zero-order valence-corrected chi connectivity index (χ0v) is 58.4. The fraction of sp³-hybridized carbons (Fsp3) is 0.0602. The van der Waals surface area contributed by atoms with E-state index in [2.05, 4.69) is 182 Å². The Morgan fingerprint density at radius 3 is 1.03 bits per heavy atom. The highest BCUT2D eigenvalue weighted by atomic mass is 35.7. The predicted molar refractivity (Wildman–Crippen MR) is 418 cm³/mol. The van der Waals surface area contributed by atoms with Crippen LogP contribution >= 0.6 is 10.7 Å². The molecule has 0 aliphatic rings. The molecule has 23 heteroatoms. The molecule has 106 heavy (non-hydrogen) atoms. The van der Waals surface area contributed by atoms with Crippen LogP contribution in [0.5, 0.6) is 0 Å². The third kappa shape index (κ3) is 19.2. The number of rotatable bonds is 20. The highest BCUT2D eigenvalue weighted by molar-refractivity contribution is 8.10. The molecule has 6 aromatic carbocycles. The second kappa shape index (κ2) is 34.7. The number of carbonyl (C=O) groups excluding carboxylic acids is 2. The molecule has 0 aliphatic heterocycles. The summed E-state index contributed by atoms with van der Waals surface area (Å²) in [6.45, 7) is 1.65. The Labute approximate surface area is 615 Å². The van der Waals surface area contributed by atoms with Gasteiger partial charge < -0.3 is 33.2 Å². The van der Waals surface area contributed by atoms with Gasteiger partial charge in [-0.3, -0.25) is 43.7 Å². The number of nitrogens with two attached hydrogens (primary N) is 3. The van der Waals surface area contributed by atoms with E-state index in [1.165, 1.54) is 0 Å². The molecule has 522 valence electrons. The highest BCUT2D eigenvalue weighted by Gasteiger charge is 2.19. The summed E-state index contributed by atoms with van der Waals surface area (Å²) in [5, 5.41) is 24.3. The van der Waals surface area contributed by atoms with Crippen LogP contribution in [0.3, 0.4) is 0 Å². The average Bonchev–Trinajstić information content (AvgIpc) is 0.782. The summed E-state index contributed by atoms with van der Waals surface area (Å²) < 4.78 is 22.4. The Kier molecular flexibility index (Phi) is 23.5. The van der Waals surface area contributed by atoms with Gasteiger partial charge in [-0.2, -0.15) is 8.42 Å². The first-order valence-corrected chi connectivity index (χ1v) is 35.5. The van der Waals surface area contributed by atoms with Crippen molar-refractivity contribution in [2.75, 3.05) is 21.7 Å². The van der Waals surface area contributed by atoms with E-state index in [-0.39, 0.29) is 12.8 Å². The van der Waals surface area contributed by atoms with Gasteiger partial charge in [0, 0.05) is 88.6 Å². The number of halogens is 1. The van der Waals surface area contributed by atoms with E-state index >= 15 is 0 Å². The van der Waals surface area contributed by atoms with Crippen molar-refractivity contribution in [3.63, 3.8) is 0 Å². The minimum absolute atomic E-state index is 0.136. The summed E-state index contributed by atoms with van der Waals surface area (Å²) in [5.74, 6) is 1.54. The highest BCUT2D eigenvalue weighted by Crippen LogP contribution is 2.40. The van der Waals surface area contributed by atoms with E-state index in [0.717, 1.165) is 151 Å². The average molecular weight is 1440 g/mol. The van der Waals surface area contributed by atoms with Crippen LogP contribution in [-0.2, 0) is 55.6 Å². The van der Waals surface area contributed by atoms with E-state index < -0.39 is 21.1 Å². The van der Waals surface area contributed by atoms with E-state index in [0.29, 0.717) is 25.3 Å². The summed E-state index contributed by atoms with van der Waals surface area (Å²) in [4.78, 5) is 63.9. The number of fused-ring (bicyclic) bond motifs is 3. The van der Waals surface area contributed by atoms with Crippen molar-refractivity contribution < 1.29 is 22.2 Å². The second-order valence-corrected chi connectivity index (χ2v) is 26.0. The number of carbonyl (C=O) groups is 2. The Balaban J connectivity index is 0.000000142. The molecule has 15 aromatic rings. The first-order valence-electron chi connectivity index (χ1n) is 33.3. The van der Waals surface area contributed by atoms with Gasteiger partial charge in [-0.25, -0.2) is 15.0 Å². The molecule has 0 aliphatic carbocycles. The topological polar surface area (TPSA) is 331 Å². The molecule has 9 aromatic heterocycles. The van der Waals surface area contributed by atoms with E-state index in [1.807, 2.05) is 115 Å². The molecule has 0 unspecified atom stereocenters. The third-order valence-electron chi connectivity index (χ3n) is 16.4. The normalized spacial score (nSPS) is 10.8. The SMILES string of the molecule is N#COS(=O)(=O)Cl.NC(=O)Cc1cncc(-c2cc3cccc(-c4ccccc4)c3c(NCc3ccccn3)n2)c1.NC(=O)Cc1cncc(-c2cc3cccc(-c4ccccc4)c3c(NCc3ccccn3)n2)c1.Nc1cncc(-c2cc3cccc(-c4ccccc4)c3c(NCc3ccccn3)n2)c1. The number of benzene rings is 6. The van der Waals surface area contributed by atoms with Gasteiger partial charge in [-0.15, -0.1) is 5.26 Å². The molecule has 9 heterocycles. The van der Waals surface area contributed by atoms with E-state index in [1.54, 1.807) is 55.8 Å². The molecule has 0 atom stereocenters.